The summed E-state index contributed by atoms with van der Waals surface area (Å²) in [4.78, 5) is 4.63. The monoisotopic (exact) mass is 366 g/mol. The number of hydrogen-bond acceptors (Lipinski definition) is 4. The lowest BCUT2D eigenvalue weighted by molar-refractivity contribution is 0.595. The lowest BCUT2D eigenvalue weighted by Crippen LogP contribution is -2.09. The molecule has 1 aromatic carbocycles. The van der Waals surface area contributed by atoms with Crippen molar-refractivity contribution in [1.82, 2.24) is 10.3 Å². The van der Waals surface area contributed by atoms with E-state index >= 15 is 0 Å². The van der Waals surface area contributed by atoms with E-state index in [2.05, 4.69) is 32.8 Å². The number of benzene rings is 1. The minimum absolute atomic E-state index is 0.176. The first-order valence-electron chi connectivity index (χ1n) is 6.20. The van der Waals surface area contributed by atoms with Crippen molar-refractivity contribution in [1.29, 1.82) is 0 Å². The second kappa shape index (κ2) is 5.99. The smallest absolute Gasteiger partial charge is 0.208 e. The molecule has 0 bridgehead atoms. The van der Waals surface area contributed by atoms with Gasteiger partial charge in [0.15, 0.2) is 0 Å². The SMILES string of the molecule is C=C(NC)c1ncc(S(=O)(=O)c2ccc(Br)cc2)cc1C. The molecule has 0 radical (unpaired) electrons. The van der Waals surface area contributed by atoms with Gasteiger partial charge in [-0.05, 0) is 42.8 Å². The van der Waals surface area contributed by atoms with Gasteiger partial charge in [0.2, 0.25) is 9.84 Å². The van der Waals surface area contributed by atoms with E-state index < -0.39 is 9.84 Å². The summed E-state index contributed by atoms with van der Waals surface area (Å²) in [5.41, 5.74) is 2.07. The molecule has 1 heterocycles. The predicted octanol–water partition coefficient (Wildman–Crippen LogP) is 3.18. The zero-order valence-corrected chi connectivity index (χ0v) is 14.1. The molecule has 2 rings (SSSR count). The Balaban J connectivity index is 2.49. The highest BCUT2D eigenvalue weighted by atomic mass is 79.9. The molecule has 110 valence electrons. The first-order chi connectivity index (χ1) is 9.86. The van der Waals surface area contributed by atoms with Crippen LogP contribution in [0.5, 0.6) is 0 Å². The van der Waals surface area contributed by atoms with Crippen molar-refractivity contribution in [3.63, 3.8) is 0 Å². The quantitative estimate of drug-likeness (QED) is 0.902. The van der Waals surface area contributed by atoms with E-state index in [4.69, 9.17) is 0 Å². The van der Waals surface area contributed by atoms with Gasteiger partial charge < -0.3 is 5.32 Å². The van der Waals surface area contributed by atoms with Crippen LogP contribution in [0.2, 0.25) is 0 Å². The Labute approximate surface area is 133 Å². The van der Waals surface area contributed by atoms with Crippen molar-refractivity contribution in [2.75, 3.05) is 7.05 Å². The van der Waals surface area contributed by atoms with E-state index in [0.29, 0.717) is 11.4 Å². The van der Waals surface area contributed by atoms with Gasteiger partial charge in [0.25, 0.3) is 0 Å². The highest BCUT2D eigenvalue weighted by Gasteiger charge is 2.19. The summed E-state index contributed by atoms with van der Waals surface area (Å²) in [6, 6.07) is 8.14. The van der Waals surface area contributed by atoms with Crippen LogP contribution in [-0.2, 0) is 9.84 Å². The topological polar surface area (TPSA) is 59.1 Å². The number of hydrogen-bond donors (Lipinski definition) is 1. The Morgan fingerprint density at radius 3 is 2.38 bits per heavy atom. The fraction of sp³-hybridized carbons (Fsp3) is 0.133. The molecular formula is C15H15BrN2O2S. The largest absolute Gasteiger partial charge is 0.387 e. The minimum Gasteiger partial charge on any atom is -0.387 e. The standard InChI is InChI=1S/C15H15BrN2O2S/c1-10-8-14(9-18-15(10)11(2)17-3)21(19,20)13-6-4-12(16)5-7-13/h4-9,17H,2H2,1,3H3. The van der Waals surface area contributed by atoms with Crippen LogP contribution in [0.15, 0.2) is 57.4 Å². The number of nitrogens with one attached hydrogen (secondary N) is 1. The van der Waals surface area contributed by atoms with E-state index in [0.717, 1.165) is 10.0 Å². The molecule has 21 heavy (non-hydrogen) atoms. The molecule has 0 unspecified atom stereocenters. The van der Waals surface area contributed by atoms with Crippen molar-refractivity contribution in [3.05, 3.63) is 58.8 Å². The number of aromatic nitrogens is 1. The van der Waals surface area contributed by atoms with Crippen LogP contribution in [0.1, 0.15) is 11.3 Å². The maximum atomic E-state index is 12.6. The van der Waals surface area contributed by atoms with Gasteiger partial charge >= 0.3 is 0 Å². The van der Waals surface area contributed by atoms with Crippen molar-refractivity contribution >= 4 is 31.5 Å². The first kappa shape index (κ1) is 15.7. The Morgan fingerprint density at radius 2 is 1.86 bits per heavy atom. The lowest BCUT2D eigenvalue weighted by atomic mass is 10.2. The summed E-state index contributed by atoms with van der Waals surface area (Å²) < 4.78 is 25.9. The molecule has 6 heteroatoms. The Kier molecular flexibility index (Phi) is 4.49. The van der Waals surface area contributed by atoms with Crippen molar-refractivity contribution in [3.8, 4) is 0 Å². The molecule has 0 aliphatic rings. The van der Waals surface area contributed by atoms with Gasteiger partial charge in [-0.15, -0.1) is 0 Å². The number of aryl methyl sites for hydroxylation is 1. The predicted molar refractivity (Wildman–Crippen MR) is 86.7 cm³/mol. The van der Waals surface area contributed by atoms with Crippen LogP contribution in [-0.4, -0.2) is 20.4 Å². The lowest BCUT2D eigenvalue weighted by Gasteiger charge is -2.10. The second-order valence-corrected chi connectivity index (χ2v) is 7.39. The van der Waals surface area contributed by atoms with Crippen LogP contribution < -0.4 is 5.32 Å². The molecule has 0 saturated carbocycles. The molecule has 2 aromatic rings. The first-order valence-corrected chi connectivity index (χ1v) is 8.48. The van der Waals surface area contributed by atoms with Gasteiger partial charge in [-0.3, -0.25) is 4.98 Å². The number of halogens is 1. The highest BCUT2D eigenvalue weighted by Crippen LogP contribution is 2.24. The summed E-state index contributed by atoms with van der Waals surface area (Å²) >= 11 is 3.29. The molecule has 1 aromatic heterocycles. The van der Waals surface area contributed by atoms with Crippen LogP contribution in [0.3, 0.4) is 0 Å². The summed E-state index contributed by atoms with van der Waals surface area (Å²) in [6.07, 6.45) is 1.36. The summed E-state index contributed by atoms with van der Waals surface area (Å²) in [5, 5.41) is 2.91. The molecule has 0 amide bonds. The van der Waals surface area contributed by atoms with Crippen LogP contribution in [0, 0.1) is 6.92 Å². The van der Waals surface area contributed by atoms with Gasteiger partial charge in [-0.25, -0.2) is 8.42 Å². The zero-order chi connectivity index (χ0) is 15.6. The third-order valence-corrected chi connectivity index (χ3v) is 5.34. The van der Waals surface area contributed by atoms with Crippen LogP contribution in [0.25, 0.3) is 5.70 Å². The number of pyridine rings is 1. The molecular weight excluding hydrogens is 352 g/mol. The maximum absolute atomic E-state index is 12.6. The van der Waals surface area contributed by atoms with Crippen molar-refractivity contribution < 1.29 is 8.42 Å². The maximum Gasteiger partial charge on any atom is 0.208 e. The normalized spacial score (nSPS) is 11.2. The molecule has 1 N–H and O–H groups in total. The van der Waals surface area contributed by atoms with Crippen LogP contribution in [0.4, 0.5) is 0 Å². The number of nitrogens with zero attached hydrogens (tertiary/aromatic N) is 1. The third-order valence-electron chi connectivity index (χ3n) is 3.08. The fourth-order valence-electron chi connectivity index (χ4n) is 1.88. The van der Waals surface area contributed by atoms with Gasteiger partial charge in [0, 0.05) is 17.7 Å². The molecule has 0 spiro atoms. The molecule has 0 atom stereocenters. The van der Waals surface area contributed by atoms with E-state index in [9.17, 15) is 8.42 Å². The average molecular weight is 367 g/mol. The highest BCUT2D eigenvalue weighted by molar-refractivity contribution is 9.10. The zero-order valence-electron chi connectivity index (χ0n) is 11.7. The van der Waals surface area contributed by atoms with Crippen molar-refractivity contribution in [2.45, 2.75) is 16.7 Å². The van der Waals surface area contributed by atoms with Gasteiger partial charge in [-0.2, -0.15) is 0 Å². The number of sulfone groups is 1. The second-order valence-electron chi connectivity index (χ2n) is 4.52. The average Bonchev–Trinajstić information content (AvgIpc) is 2.46. The molecule has 0 aliphatic heterocycles. The fourth-order valence-corrected chi connectivity index (χ4v) is 3.43. The summed E-state index contributed by atoms with van der Waals surface area (Å²) in [5.74, 6) is 0. The van der Waals surface area contributed by atoms with E-state index in [1.807, 2.05) is 6.92 Å². The van der Waals surface area contributed by atoms with Crippen molar-refractivity contribution in [2.24, 2.45) is 0 Å². The minimum atomic E-state index is -3.56. The van der Waals surface area contributed by atoms with E-state index in [1.165, 1.54) is 6.20 Å². The summed E-state index contributed by atoms with van der Waals surface area (Å²) in [7, 11) is -1.81. The Hall–Kier alpha value is -1.66. The van der Waals surface area contributed by atoms with Gasteiger partial charge in [0.1, 0.15) is 0 Å². The van der Waals surface area contributed by atoms with Crippen LogP contribution >= 0.6 is 15.9 Å². The molecule has 0 saturated heterocycles. The van der Waals surface area contributed by atoms with E-state index in [1.54, 1.807) is 37.4 Å². The van der Waals surface area contributed by atoms with Gasteiger partial charge in [-0.1, -0.05) is 22.5 Å². The van der Waals surface area contributed by atoms with E-state index in [-0.39, 0.29) is 9.79 Å². The van der Waals surface area contributed by atoms with Gasteiger partial charge in [0.05, 0.1) is 21.2 Å². The Bertz CT molecular complexity index is 784. The molecule has 0 aliphatic carbocycles. The Morgan fingerprint density at radius 1 is 1.24 bits per heavy atom. The third kappa shape index (κ3) is 3.16. The molecule has 4 nitrogen and oxygen atoms in total. The number of rotatable bonds is 4. The summed E-state index contributed by atoms with van der Waals surface area (Å²) in [6.45, 7) is 5.65. The molecule has 0 fully saturated rings.